The number of sulfonamides is 1. The number of methoxy groups -OCH3 is 1. The summed E-state index contributed by atoms with van der Waals surface area (Å²) in [5.41, 5.74) is 3.00. The third kappa shape index (κ3) is 4.04. The molecule has 0 spiro atoms. The van der Waals surface area contributed by atoms with Crippen molar-refractivity contribution < 1.29 is 17.9 Å². The molecule has 1 aliphatic heterocycles. The van der Waals surface area contributed by atoms with Crippen molar-refractivity contribution in [3.63, 3.8) is 0 Å². The minimum absolute atomic E-state index is 0.112. The zero-order chi connectivity index (χ0) is 21.5. The summed E-state index contributed by atoms with van der Waals surface area (Å²) in [5, 5.41) is 0. The topological polar surface area (TPSA) is 71.9 Å². The number of hydrogen-bond donors (Lipinski definition) is 0. The van der Waals surface area contributed by atoms with Gasteiger partial charge in [0.1, 0.15) is 5.75 Å². The third-order valence-corrected chi connectivity index (χ3v) is 8.01. The Balaban J connectivity index is 1.37. The lowest BCUT2D eigenvalue weighted by Crippen LogP contribution is -2.49. The number of ketones is 1. The van der Waals surface area contributed by atoms with Crippen LogP contribution in [-0.4, -0.2) is 67.8 Å². The standard InChI is InChI=1S/C22H29N3O4S/c1-16-14-21(17(2)25(16)18-4-5-18)22(26)15-23-10-12-24(13-11-23)30(27,28)20-8-6-19(29-3)7-9-20/h6-9,14,18H,4-5,10-13,15H2,1-3H3. The van der Waals surface area contributed by atoms with E-state index < -0.39 is 10.0 Å². The van der Waals surface area contributed by atoms with Gasteiger partial charge in [0.15, 0.2) is 5.78 Å². The predicted octanol–water partition coefficient (Wildman–Crippen LogP) is 2.64. The number of ether oxygens (including phenoxy) is 1. The third-order valence-electron chi connectivity index (χ3n) is 6.09. The van der Waals surface area contributed by atoms with Crippen molar-refractivity contribution in [1.82, 2.24) is 13.8 Å². The summed E-state index contributed by atoms with van der Waals surface area (Å²) in [7, 11) is -1.99. The van der Waals surface area contributed by atoms with E-state index in [-0.39, 0.29) is 10.7 Å². The van der Waals surface area contributed by atoms with E-state index in [1.807, 2.05) is 17.9 Å². The van der Waals surface area contributed by atoms with E-state index in [0.717, 1.165) is 17.0 Å². The molecule has 0 radical (unpaired) electrons. The second kappa shape index (κ2) is 8.17. The van der Waals surface area contributed by atoms with E-state index in [0.29, 0.717) is 44.5 Å². The normalized spacial score (nSPS) is 18.5. The zero-order valence-electron chi connectivity index (χ0n) is 17.8. The SMILES string of the molecule is COc1ccc(S(=O)(=O)N2CCN(CC(=O)c3cc(C)n(C4CC4)c3C)CC2)cc1. The highest BCUT2D eigenvalue weighted by Gasteiger charge is 2.31. The Kier molecular flexibility index (Phi) is 5.74. The van der Waals surface area contributed by atoms with E-state index >= 15 is 0 Å². The highest BCUT2D eigenvalue weighted by atomic mass is 32.2. The van der Waals surface area contributed by atoms with Gasteiger partial charge in [-0.05, 0) is 57.0 Å². The summed E-state index contributed by atoms with van der Waals surface area (Å²) in [6.07, 6.45) is 2.38. The van der Waals surface area contributed by atoms with Crippen LogP contribution in [-0.2, 0) is 10.0 Å². The van der Waals surface area contributed by atoms with Crippen LogP contribution in [0, 0.1) is 13.8 Å². The Morgan fingerprint density at radius 3 is 2.27 bits per heavy atom. The maximum Gasteiger partial charge on any atom is 0.243 e. The van der Waals surface area contributed by atoms with Crippen molar-refractivity contribution in [2.24, 2.45) is 0 Å². The molecule has 30 heavy (non-hydrogen) atoms. The van der Waals surface area contributed by atoms with Gasteiger partial charge in [0.25, 0.3) is 0 Å². The van der Waals surface area contributed by atoms with Gasteiger partial charge in [0.2, 0.25) is 10.0 Å². The predicted molar refractivity (Wildman–Crippen MR) is 115 cm³/mol. The molecular formula is C22H29N3O4S. The smallest absolute Gasteiger partial charge is 0.243 e. The van der Waals surface area contributed by atoms with E-state index in [1.165, 1.54) is 17.1 Å². The number of aromatic nitrogens is 1. The molecule has 0 bridgehead atoms. The molecule has 2 fully saturated rings. The fraction of sp³-hybridized carbons (Fsp3) is 0.500. The number of benzene rings is 1. The zero-order valence-corrected chi connectivity index (χ0v) is 18.6. The Labute approximate surface area is 178 Å². The Morgan fingerprint density at radius 2 is 1.70 bits per heavy atom. The van der Waals surface area contributed by atoms with E-state index in [1.54, 1.807) is 31.4 Å². The highest BCUT2D eigenvalue weighted by molar-refractivity contribution is 7.89. The molecule has 2 aromatic rings. The van der Waals surface area contributed by atoms with Gasteiger partial charge in [0.05, 0.1) is 18.6 Å². The number of carbonyl (C=O) groups excluding carboxylic acids is 1. The van der Waals surface area contributed by atoms with Crippen molar-refractivity contribution in [1.29, 1.82) is 0 Å². The minimum Gasteiger partial charge on any atom is -0.497 e. The maximum absolute atomic E-state index is 12.9. The first-order valence-corrected chi connectivity index (χ1v) is 11.8. The molecule has 1 saturated carbocycles. The average molecular weight is 432 g/mol. The van der Waals surface area contributed by atoms with Crippen LogP contribution in [0.4, 0.5) is 0 Å². The average Bonchev–Trinajstić information content (AvgIpc) is 3.52. The van der Waals surface area contributed by atoms with Crippen LogP contribution in [0.5, 0.6) is 5.75 Å². The molecule has 4 rings (SSSR count). The van der Waals surface area contributed by atoms with Gasteiger partial charge in [-0.2, -0.15) is 4.31 Å². The molecule has 1 aliphatic carbocycles. The minimum atomic E-state index is -3.54. The quantitative estimate of drug-likeness (QED) is 0.631. The summed E-state index contributed by atoms with van der Waals surface area (Å²) in [6.45, 7) is 6.25. The summed E-state index contributed by atoms with van der Waals surface area (Å²) in [5.74, 6) is 0.736. The molecule has 2 aliphatic rings. The first-order chi connectivity index (χ1) is 14.3. The molecule has 7 nitrogen and oxygen atoms in total. The van der Waals surface area contributed by atoms with Crippen LogP contribution in [0.25, 0.3) is 0 Å². The van der Waals surface area contributed by atoms with Gasteiger partial charge in [-0.15, -0.1) is 0 Å². The van der Waals surface area contributed by atoms with Gasteiger partial charge in [-0.1, -0.05) is 0 Å². The van der Waals surface area contributed by atoms with Crippen LogP contribution >= 0.6 is 0 Å². The monoisotopic (exact) mass is 431 g/mol. The molecule has 1 aromatic heterocycles. The van der Waals surface area contributed by atoms with Crippen molar-refractivity contribution in [3.8, 4) is 5.75 Å². The number of rotatable bonds is 7. The fourth-order valence-corrected chi connectivity index (χ4v) is 5.69. The van der Waals surface area contributed by atoms with Crippen molar-refractivity contribution in [2.75, 3.05) is 39.8 Å². The molecule has 2 heterocycles. The summed E-state index contributed by atoms with van der Waals surface area (Å²) < 4.78 is 34.7. The lowest BCUT2D eigenvalue weighted by molar-refractivity contribution is 0.0901. The molecule has 0 atom stereocenters. The van der Waals surface area contributed by atoms with E-state index in [4.69, 9.17) is 4.74 Å². The Morgan fingerprint density at radius 1 is 1.07 bits per heavy atom. The van der Waals surface area contributed by atoms with Gasteiger partial charge in [-0.3, -0.25) is 9.69 Å². The number of piperazine rings is 1. The van der Waals surface area contributed by atoms with Crippen molar-refractivity contribution >= 4 is 15.8 Å². The lowest BCUT2D eigenvalue weighted by atomic mass is 10.1. The molecule has 8 heteroatoms. The van der Waals surface area contributed by atoms with Gasteiger partial charge in [0, 0.05) is 49.2 Å². The number of Topliss-reactive ketones (excluding diaryl/α,β-unsaturated/α-hetero) is 1. The fourth-order valence-electron chi connectivity index (χ4n) is 4.27. The number of aryl methyl sites for hydroxylation is 1. The van der Waals surface area contributed by atoms with Gasteiger partial charge in [-0.25, -0.2) is 8.42 Å². The molecule has 1 aromatic carbocycles. The summed E-state index contributed by atoms with van der Waals surface area (Å²) in [4.78, 5) is 15.2. The van der Waals surface area contributed by atoms with Gasteiger partial charge >= 0.3 is 0 Å². The van der Waals surface area contributed by atoms with Crippen LogP contribution < -0.4 is 4.74 Å². The number of hydrogen-bond acceptors (Lipinski definition) is 5. The molecule has 0 amide bonds. The first kappa shape index (κ1) is 21.1. The molecular weight excluding hydrogens is 402 g/mol. The largest absolute Gasteiger partial charge is 0.497 e. The Bertz CT molecular complexity index is 1030. The van der Waals surface area contributed by atoms with E-state index in [9.17, 15) is 13.2 Å². The van der Waals surface area contributed by atoms with Crippen molar-refractivity contribution in [3.05, 3.63) is 47.3 Å². The van der Waals surface area contributed by atoms with Crippen LogP contribution in [0.15, 0.2) is 35.2 Å². The van der Waals surface area contributed by atoms with Crippen LogP contribution in [0.3, 0.4) is 0 Å². The van der Waals surface area contributed by atoms with E-state index in [2.05, 4.69) is 11.5 Å². The van der Waals surface area contributed by atoms with Crippen molar-refractivity contribution in [2.45, 2.75) is 37.6 Å². The molecule has 1 saturated heterocycles. The summed E-state index contributed by atoms with van der Waals surface area (Å²) in [6, 6.07) is 9.00. The molecule has 162 valence electrons. The Hall–Kier alpha value is -2.16. The molecule has 0 unspecified atom stereocenters. The lowest BCUT2D eigenvalue weighted by Gasteiger charge is -2.33. The molecule has 0 N–H and O–H groups in total. The second-order valence-corrected chi connectivity index (χ2v) is 10.1. The van der Waals surface area contributed by atoms with Gasteiger partial charge < -0.3 is 9.30 Å². The van der Waals surface area contributed by atoms with Crippen LogP contribution in [0.2, 0.25) is 0 Å². The highest BCUT2D eigenvalue weighted by Crippen LogP contribution is 2.38. The van der Waals surface area contributed by atoms with Crippen LogP contribution in [0.1, 0.15) is 40.6 Å². The number of nitrogens with zero attached hydrogens (tertiary/aromatic N) is 3. The number of carbonyl (C=O) groups is 1. The first-order valence-electron chi connectivity index (χ1n) is 10.4. The summed E-state index contributed by atoms with van der Waals surface area (Å²) >= 11 is 0. The second-order valence-electron chi connectivity index (χ2n) is 8.16. The maximum atomic E-state index is 12.9.